The van der Waals surface area contributed by atoms with Crippen molar-refractivity contribution in [1.29, 1.82) is 0 Å². The molecule has 3 nitrogen and oxygen atoms in total. The van der Waals surface area contributed by atoms with Crippen LogP contribution in [0.4, 0.5) is 13.2 Å². The van der Waals surface area contributed by atoms with Gasteiger partial charge < -0.3 is 5.73 Å². The number of aromatic nitrogens is 1. The van der Waals surface area contributed by atoms with Crippen molar-refractivity contribution in [3.63, 3.8) is 0 Å². The van der Waals surface area contributed by atoms with Crippen LogP contribution in [-0.4, -0.2) is 16.9 Å². The summed E-state index contributed by atoms with van der Waals surface area (Å²) in [5, 5.41) is -0.701. The second-order valence-electron chi connectivity index (χ2n) is 4.14. The van der Waals surface area contributed by atoms with E-state index in [-0.39, 0.29) is 5.71 Å². The lowest BCUT2D eigenvalue weighted by molar-refractivity contribution is -0.0898. The van der Waals surface area contributed by atoms with Gasteiger partial charge in [0, 0.05) is 11.9 Å². The summed E-state index contributed by atoms with van der Waals surface area (Å²) in [6.07, 6.45) is -1.56. The van der Waals surface area contributed by atoms with Crippen molar-refractivity contribution in [2.75, 3.05) is 0 Å². The van der Waals surface area contributed by atoms with Crippen molar-refractivity contribution in [3.05, 3.63) is 52.6 Å². The molecule has 0 aliphatic heterocycles. The molecule has 1 heterocycles. The zero-order valence-electron chi connectivity index (χ0n) is 11.6. The van der Waals surface area contributed by atoms with E-state index in [0.717, 1.165) is 0 Å². The van der Waals surface area contributed by atoms with Gasteiger partial charge in [-0.15, -0.1) is 0 Å². The van der Waals surface area contributed by atoms with Gasteiger partial charge in [-0.1, -0.05) is 30.7 Å². The molecule has 21 heavy (non-hydrogen) atoms. The van der Waals surface area contributed by atoms with Crippen LogP contribution in [0, 0.1) is 0 Å². The summed E-state index contributed by atoms with van der Waals surface area (Å²) in [6, 6.07) is 5.02. The third-order valence-corrected chi connectivity index (χ3v) is 2.78. The Kier molecular flexibility index (Phi) is 5.96. The van der Waals surface area contributed by atoms with Crippen LogP contribution in [-0.2, 0) is 0 Å². The monoisotopic (exact) mass is 317 g/mol. The first-order valence-corrected chi connectivity index (χ1v) is 6.54. The molecule has 0 fully saturated rings. The number of alkyl halides is 3. The number of nitrogens with two attached hydrogens (primary N) is 1. The molecule has 2 N–H and O–H groups in total. The van der Waals surface area contributed by atoms with E-state index in [9.17, 15) is 13.2 Å². The van der Waals surface area contributed by atoms with E-state index >= 15 is 0 Å². The zero-order chi connectivity index (χ0) is 16.0. The number of allylic oxidation sites excluding steroid dienone is 2. The van der Waals surface area contributed by atoms with Crippen molar-refractivity contribution in [1.82, 2.24) is 4.98 Å². The lowest BCUT2D eigenvalue weighted by atomic mass is 10.1. The summed E-state index contributed by atoms with van der Waals surface area (Å²) in [6.45, 7) is 3.20. The molecule has 1 aromatic heterocycles. The van der Waals surface area contributed by atoms with Gasteiger partial charge in [-0.3, -0.25) is 4.98 Å². The molecule has 0 spiro atoms. The van der Waals surface area contributed by atoms with Crippen LogP contribution in [0.15, 0.2) is 51.9 Å². The number of hydrogen-bond acceptors (Lipinski definition) is 3. The average molecular weight is 318 g/mol. The van der Waals surface area contributed by atoms with E-state index in [2.05, 4.69) is 9.98 Å². The quantitative estimate of drug-likeness (QED) is 0.515. The van der Waals surface area contributed by atoms with E-state index in [1.165, 1.54) is 19.2 Å². The Bertz CT molecular complexity index is 575. The summed E-state index contributed by atoms with van der Waals surface area (Å²) < 4.78 is 39.1. The fourth-order valence-corrected chi connectivity index (χ4v) is 1.90. The minimum Gasteiger partial charge on any atom is -0.398 e. The molecule has 114 valence electrons. The van der Waals surface area contributed by atoms with Crippen molar-refractivity contribution >= 4 is 17.3 Å². The van der Waals surface area contributed by atoms with E-state index in [4.69, 9.17) is 17.3 Å². The van der Waals surface area contributed by atoms with Gasteiger partial charge in [0.05, 0.1) is 11.4 Å². The molecular weight excluding hydrogens is 303 g/mol. The Balaban J connectivity index is 3.32. The molecule has 7 heteroatoms. The van der Waals surface area contributed by atoms with E-state index < -0.39 is 22.6 Å². The third-order valence-electron chi connectivity index (χ3n) is 2.50. The fourth-order valence-electron chi connectivity index (χ4n) is 1.56. The predicted molar refractivity (Wildman–Crippen MR) is 77.9 cm³/mol. The first-order chi connectivity index (χ1) is 9.77. The summed E-state index contributed by atoms with van der Waals surface area (Å²) in [7, 11) is 0. The van der Waals surface area contributed by atoms with Crippen LogP contribution in [0.3, 0.4) is 0 Å². The van der Waals surface area contributed by atoms with Gasteiger partial charge in [-0.05, 0) is 25.5 Å². The highest BCUT2D eigenvalue weighted by Gasteiger charge is 2.38. The summed E-state index contributed by atoms with van der Waals surface area (Å²) in [4.78, 5) is 7.77. The van der Waals surface area contributed by atoms with Crippen LogP contribution in [0.1, 0.15) is 26.0 Å². The highest BCUT2D eigenvalue weighted by molar-refractivity contribution is 6.31. The van der Waals surface area contributed by atoms with Gasteiger partial charge in [0.2, 0.25) is 0 Å². The first-order valence-electron chi connectivity index (χ1n) is 6.17. The number of halogens is 4. The first kappa shape index (κ1) is 17.2. The Labute approximate surface area is 126 Å². The third kappa shape index (κ3) is 4.90. The lowest BCUT2D eigenvalue weighted by Crippen LogP contribution is -2.19. The van der Waals surface area contributed by atoms with Gasteiger partial charge in [-0.2, -0.15) is 13.2 Å². The van der Waals surface area contributed by atoms with Crippen molar-refractivity contribution in [3.8, 4) is 0 Å². The normalized spacial score (nSPS) is 15.0. The molecule has 1 rings (SSSR count). The molecule has 0 saturated heterocycles. The zero-order valence-corrected chi connectivity index (χ0v) is 12.3. The van der Waals surface area contributed by atoms with Gasteiger partial charge in [0.25, 0.3) is 0 Å². The molecule has 0 bridgehead atoms. The Morgan fingerprint density at radius 3 is 2.57 bits per heavy atom. The number of rotatable bonds is 4. The molecule has 0 aromatic carbocycles. The average Bonchev–Trinajstić information content (AvgIpc) is 2.38. The van der Waals surface area contributed by atoms with Crippen LogP contribution < -0.4 is 5.73 Å². The summed E-state index contributed by atoms with van der Waals surface area (Å²) in [5.74, 6) is 0. The van der Waals surface area contributed by atoms with Gasteiger partial charge >= 0.3 is 6.18 Å². The largest absolute Gasteiger partial charge is 0.421 e. The minimum absolute atomic E-state index is 0.270. The number of aliphatic imine (C=N–C) groups is 1. The van der Waals surface area contributed by atoms with Crippen molar-refractivity contribution in [2.24, 2.45) is 10.7 Å². The fraction of sp³-hybridized carbons (Fsp3) is 0.286. The molecule has 1 aromatic rings. The molecule has 0 radical (unpaired) electrons. The van der Waals surface area contributed by atoms with Crippen molar-refractivity contribution < 1.29 is 13.2 Å². The highest BCUT2D eigenvalue weighted by Crippen LogP contribution is 2.34. The molecule has 0 saturated carbocycles. The van der Waals surface area contributed by atoms with E-state index in [1.54, 1.807) is 25.1 Å². The smallest absolute Gasteiger partial charge is 0.398 e. The van der Waals surface area contributed by atoms with Gasteiger partial charge in [-0.25, -0.2) is 4.99 Å². The van der Waals surface area contributed by atoms with E-state index in [1.807, 2.05) is 0 Å². The van der Waals surface area contributed by atoms with Gasteiger partial charge in [0.1, 0.15) is 10.7 Å². The minimum atomic E-state index is -4.68. The van der Waals surface area contributed by atoms with E-state index in [0.29, 0.717) is 12.1 Å². The second kappa shape index (κ2) is 7.26. The van der Waals surface area contributed by atoms with Crippen LogP contribution in [0.2, 0.25) is 0 Å². The molecule has 0 aliphatic carbocycles. The second-order valence-corrected chi connectivity index (χ2v) is 4.50. The number of pyridine rings is 1. The standard InChI is InChI=1S/C14H15ClF3N3/c1-3-6-10(19)12(14(16,17)18)13(15)21-9(2)11-7-4-5-8-20-11/h4-8H,3,19H2,1-2H3/b10-6-,13-12+,21-9?. The summed E-state index contributed by atoms with van der Waals surface area (Å²) in [5.41, 5.74) is 4.58. The Hall–Kier alpha value is -1.82. The maximum absolute atomic E-state index is 13.0. The van der Waals surface area contributed by atoms with Crippen molar-refractivity contribution in [2.45, 2.75) is 26.4 Å². The Morgan fingerprint density at radius 1 is 1.43 bits per heavy atom. The van der Waals surface area contributed by atoms with Crippen LogP contribution in [0.25, 0.3) is 0 Å². The lowest BCUT2D eigenvalue weighted by Gasteiger charge is -2.13. The molecule has 0 unspecified atom stereocenters. The van der Waals surface area contributed by atoms with Crippen LogP contribution >= 0.6 is 11.6 Å². The van der Waals surface area contributed by atoms with Crippen LogP contribution in [0.5, 0.6) is 0 Å². The number of nitrogens with zero attached hydrogens (tertiary/aromatic N) is 2. The molecular formula is C14H15ClF3N3. The SMILES string of the molecule is CC/C=C(N)/C(=C(/Cl)N=C(C)c1ccccn1)C(F)(F)F. The maximum Gasteiger partial charge on any atom is 0.421 e. The maximum atomic E-state index is 13.0. The molecule has 0 aliphatic rings. The molecule has 0 amide bonds. The highest BCUT2D eigenvalue weighted by atomic mass is 35.5. The molecule has 0 atom stereocenters. The summed E-state index contributed by atoms with van der Waals surface area (Å²) >= 11 is 5.73. The number of hydrogen-bond donors (Lipinski definition) is 1. The van der Waals surface area contributed by atoms with Gasteiger partial charge in [0.15, 0.2) is 0 Å². The topological polar surface area (TPSA) is 51.3 Å². The predicted octanol–water partition coefficient (Wildman–Crippen LogP) is 4.16. The Morgan fingerprint density at radius 2 is 2.10 bits per heavy atom.